The van der Waals surface area contributed by atoms with Crippen LogP contribution in [0.1, 0.15) is 11.1 Å². The summed E-state index contributed by atoms with van der Waals surface area (Å²) in [6, 6.07) is 9.29. The Morgan fingerprint density at radius 2 is 1.06 bits per heavy atom. The molecule has 12 heteroatoms. The summed E-state index contributed by atoms with van der Waals surface area (Å²) in [5.74, 6) is -2.47. The first-order chi connectivity index (χ1) is 16.1. The SMILES string of the molecule is NC(=Nc1ccc(F)cc1F)SCc1cc(Cl)c(Cl)cc1CS/C(N)=N/c1ccc(F)cc1F. The minimum absolute atomic E-state index is 0.0584. The number of nitrogens with two attached hydrogens (primary N) is 2. The molecule has 0 atom stereocenters. The van der Waals surface area contributed by atoms with Crippen LogP contribution in [0.4, 0.5) is 28.9 Å². The van der Waals surface area contributed by atoms with Crippen LogP contribution >= 0.6 is 46.7 Å². The second-order valence-corrected chi connectivity index (χ2v) is 9.51. The molecule has 0 aliphatic carbocycles. The summed E-state index contributed by atoms with van der Waals surface area (Å²) in [5.41, 5.74) is 13.1. The fourth-order valence-electron chi connectivity index (χ4n) is 2.65. The van der Waals surface area contributed by atoms with Gasteiger partial charge in [-0.05, 0) is 47.5 Å². The van der Waals surface area contributed by atoms with Crippen LogP contribution in [0.5, 0.6) is 0 Å². The highest BCUT2D eigenvalue weighted by atomic mass is 35.5. The molecule has 3 aromatic rings. The predicted octanol–water partition coefficient (Wildman–Crippen LogP) is 7.31. The van der Waals surface area contributed by atoms with E-state index in [-0.39, 0.29) is 21.7 Å². The molecule has 0 radical (unpaired) electrons. The molecule has 0 fully saturated rings. The maximum Gasteiger partial charge on any atom is 0.159 e. The summed E-state index contributed by atoms with van der Waals surface area (Å²) < 4.78 is 53.7. The third kappa shape index (κ3) is 7.30. The second-order valence-electron chi connectivity index (χ2n) is 6.70. The topological polar surface area (TPSA) is 76.8 Å². The van der Waals surface area contributed by atoms with E-state index in [4.69, 9.17) is 34.7 Å². The van der Waals surface area contributed by atoms with Gasteiger partial charge >= 0.3 is 0 Å². The molecule has 0 spiro atoms. The molecular weight excluding hydrogens is 531 g/mol. The van der Waals surface area contributed by atoms with Crippen LogP contribution < -0.4 is 11.5 Å². The lowest BCUT2D eigenvalue weighted by Gasteiger charge is -2.11. The molecule has 0 unspecified atom stereocenters. The Morgan fingerprint density at radius 3 is 1.41 bits per heavy atom. The van der Waals surface area contributed by atoms with Gasteiger partial charge in [0, 0.05) is 23.6 Å². The zero-order valence-electron chi connectivity index (χ0n) is 17.2. The molecule has 0 bridgehead atoms. The maximum atomic E-state index is 13.8. The first-order valence-electron chi connectivity index (χ1n) is 9.43. The van der Waals surface area contributed by atoms with Crippen molar-refractivity contribution in [3.8, 4) is 0 Å². The van der Waals surface area contributed by atoms with E-state index in [2.05, 4.69) is 9.98 Å². The summed E-state index contributed by atoms with van der Waals surface area (Å²) >= 11 is 14.5. The summed E-state index contributed by atoms with van der Waals surface area (Å²) in [4.78, 5) is 7.94. The van der Waals surface area contributed by atoms with E-state index in [1.165, 1.54) is 12.1 Å². The quantitative estimate of drug-likeness (QED) is 0.193. The molecule has 0 aliphatic rings. The van der Waals surface area contributed by atoms with E-state index in [9.17, 15) is 17.6 Å². The van der Waals surface area contributed by atoms with Crippen molar-refractivity contribution in [2.75, 3.05) is 0 Å². The number of hydrogen-bond donors (Lipinski definition) is 2. The molecule has 0 aliphatic heterocycles. The normalized spacial score (nSPS) is 12.3. The Hall–Kier alpha value is -2.40. The van der Waals surface area contributed by atoms with Gasteiger partial charge in [0.05, 0.1) is 10.0 Å². The number of rotatable bonds is 6. The Bertz CT molecular complexity index is 1180. The van der Waals surface area contributed by atoms with Crippen molar-refractivity contribution in [3.63, 3.8) is 0 Å². The molecule has 0 heterocycles. The van der Waals surface area contributed by atoms with Gasteiger partial charge in [-0.3, -0.25) is 0 Å². The summed E-state index contributed by atoms with van der Waals surface area (Å²) in [5, 5.41) is 0.758. The number of thioether (sulfide) groups is 2. The minimum atomic E-state index is -0.831. The lowest BCUT2D eigenvalue weighted by molar-refractivity contribution is 0.584. The molecule has 3 rings (SSSR count). The Balaban J connectivity index is 1.73. The average molecular weight is 547 g/mol. The highest BCUT2D eigenvalue weighted by Gasteiger charge is 2.12. The van der Waals surface area contributed by atoms with Crippen LogP contribution in [0.2, 0.25) is 10.0 Å². The van der Waals surface area contributed by atoms with Crippen molar-refractivity contribution in [2.24, 2.45) is 21.5 Å². The Morgan fingerprint density at radius 1 is 0.676 bits per heavy atom. The standard InChI is InChI=1S/C22H16Cl2F4N4S2/c23-15-5-11(9-33-21(29)31-19-3-1-13(25)7-17(19)27)12(6-16(15)24)10-34-22(30)32-20-4-2-14(26)8-18(20)28/h1-8H,9-10H2,(H2,29,31)(H2,30,32). The van der Waals surface area contributed by atoms with Gasteiger partial charge in [0.25, 0.3) is 0 Å². The number of halogens is 6. The number of hydrogen-bond acceptors (Lipinski definition) is 4. The summed E-state index contributed by atoms with van der Waals surface area (Å²) in [6.07, 6.45) is 0. The number of amidine groups is 2. The van der Waals surface area contributed by atoms with E-state index in [1.807, 2.05) is 0 Å². The molecule has 4 N–H and O–H groups in total. The molecule has 34 heavy (non-hydrogen) atoms. The molecule has 0 aromatic heterocycles. The van der Waals surface area contributed by atoms with Crippen molar-refractivity contribution in [1.82, 2.24) is 0 Å². The molecule has 0 saturated carbocycles. The van der Waals surface area contributed by atoms with Crippen LogP contribution in [0.15, 0.2) is 58.5 Å². The fourth-order valence-corrected chi connectivity index (χ4v) is 4.49. The van der Waals surface area contributed by atoms with Crippen LogP contribution in [0.25, 0.3) is 0 Å². The van der Waals surface area contributed by atoms with Gasteiger partial charge in [-0.25, -0.2) is 27.5 Å². The van der Waals surface area contributed by atoms with Crippen molar-refractivity contribution >= 4 is 68.4 Å². The van der Waals surface area contributed by atoms with E-state index in [0.29, 0.717) is 21.6 Å². The molecule has 0 saturated heterocycles. The van der Waals surface area contributed by atoms with Gasteiger partial charge in [0.15, 0.2) is 22.0 Å². The third-order valence-corrected chi connectivity index (χ3v) is 6.68. The molecule has 3 aromatic carbocycles. The monoisotopic (exact) mass is 546 g/mol. The van der Waals surface area contributed by atoms with E-state index in [0.717, 1.165) is 58.9 Å². The van der Waals surface area contributed by atoms with Crippen molar-refractivity contribution in [2.45, 2.75) is 11.5 Å². The molecule has 178 valence electrons. The zero-order chi connectivity index (χ0) is 24.8. The highest BCUT2D eigenvalue weighted by molar-refractivity contribution is 8.13. The van der Waals surface area contributed by atoms with Gasteiger partial charge in [0.1, 0.15) is 23.0 Å². The molecule has 0 amide bonds. The second kappa shape index (κ2) is 11.8. The fraction of sp³-hybridized carbons (Fsp3) is 0.0909. The van der Waals surface area contributed by atoms with Crippen LogP contribution in [0, 0.1) is 23.3 Å². The maximum absolute atomic E-state index is 13.8. The largest absolute Gasteiger partial charge is 0.378 e. The van der Waals surface area contributed by atoms with E-state index < -0.39 is 23.3 Å². The summed E-state index contributed by atoms with van der Waals surface area (Å²) in [6.45, 7) is 0. The van der Waals surface area contributed by atoms with Gasteiger partial charge in [-0.2, -0.15) is 0 Å². The Kier molecular flexibility index (Phi) is 9.12. The zero-order valence-corrected chi connectivity index (χ0v) is 20.3. The third-order valence-electron chi connectivity index (χ3n) is 4.27. The van der Waals surface area contributed by atoms with Gasteiger partial charge in [0.2, 0.25) is 0 Å². The summed E-state index contributed by atoms with van der Waals surface area (Å²) in [7, 11) is 0. The Labute approximate surface area is 211 Å². The number of benzene rings is 3. The number of aliphatic imine (C=N–C) groups is 2. The van der Waals surface area contributed by atoms with Crippen molar-refractivity contribution in [3.05, 3.63) is 93.0 Å². The average Bonchev–Trinajstić information content (AvgIpc) is 2.77. The van der Waals surface area contributed by atoms with E-state index >= 15 is 0 Å². The van der Waals surface area contributed by atoms with Crippen molar-refractivity contribution < 1.29 is 17.6 Å². The molecule has 4 nitrogen and oxygen atoms in total. The van der Waals surface area contributed by atoms with Crippen LogP contribution in [-0.2, 0) is 11.5 Å². The minimum Gasteiger partial charge on any atom is -0.378 e. The van der Waals surface area contributed by atoms with Gasteiger partial charge in [-0.15, -0.1) is 0 Å². The lowest BCUT2D eigenvalue weighted by Crippen LogP contribution is -2.08. The first-order valence-corrected chi connectivity index (χ1v) is 12.2. The van der Waals surface area contributed by atoms with Crippen LogP contribution in [-0.4, -0.2) is 10.3 Å². The number of nitrogens with zero attached hydrogens (tertiary/aromatic N) is 2. The molecular formula is C22H16Cl2F4N4S2. The smallest absolute Gasteiger partial charge is 0.159 e. The van der Waals surface area contributed by atoms with Crippen molar-refractivity contribution in [1.29, 1.82) is 0 Å². The van der Waals surface area contributed by atoms with E-state index in [1.54, 1.807) is 12.1 Å². The van der Waals surface area contributed by atoms with Crippen LogP contribution in [0.3, 0.4) is 0 Å². The lowest BCUT2D eigenvalue weighted by atomic mass is 10.1. The van der Waals surface area contributed by atoms with Gasteiger partial charge in [-0.1, -0.05) is 46.7 Å². The predicted molar refractivity (Wildman–Crippen MR) is 134 cm³/mol. The van der Waals surface area contributed by atoms with Gasteiger partial charge < -0.3 is 11.5 Å². The first kappa shape index (κ1) is 26.2. The highest BCUT2D eigenvalue weighted by Crippen LogP contribution is 2.31.